The molecule has 0 radical (unpaired) electrons. The van der Waals surface area contributed by atoms with E-state index in [-0.39, 0.29) is 33.0 Å². The van der Waals surface area contributed by atoms with E-state index in [1.165, 1.54) is 30.3 Å². The summed E-state index contributed by atoms with van der Waals surface area (Å²) in [6.07, 6.45) is -0.0434. The van der Waals surface area contributed by atoms with Gasteiger partial charge < -0.3 is 5.32 Å². The van der Waals surface area contributed by atoms with Gasteiger partial charge in [0.1, 0.15) is 0 Å². The standard InChI is InChI=1S/C25H19Cl2F3N2O2S/c26-14-8-10-21(27)23(12-14)32-35(33,34)15-9-11-22-19(13-15)16-5-3-6-17(16)24(31-22)18-4-1-2-7-20(18)25(28,29)30/h1-5,7-13,16-17,24,31-32H,6H2/t16-,17+,24-/m0/s1. The summed E-state index contributed by atoms with van der Waals surface area (Å²) in [4.78, 5) is 0.0160. The van der Waals surface area contributed by atoms with Crippen LogP contribution in [0.15, 0.2) is 77.7 Å². The Labute approximate surface area is 210 Å². The minimum Gasteiger partial charge on any atom is -0.378 e. The van der Waals surface area contributed by atoms with Gasteiger partial charge in [0.05, 0.1) is 27.2 Å². The molecular weight excluding hydrogens is 520 g/mol. The van der Waals surface area contributed by atoms with Crippen LogP contribution < -0.4 is 10.0 Å². The van der Waals surface area contributed by atoms with Crippen molar-refractivity contribution in [3.8, 4) is 0 Å². The Morgan fingerprint density at radius 1 is 0.971 bits per heavy atom. The van der Waals surface area contributed by atoms with Crippen LogP contribution in [0.4, 0.5) is 24.5 Å². The van der Waals surface area contributed by atoms with Gasteiger partial charge in [-0.15, -0.1) is 0 Å². The van der Waals surface area contributed by atoms with E-state index in [0.29, 0.717) is 22.7 Å². The third-order valence-electron chi connectivity index (χ3n) is 6.42. The maximum atomic E-state index is 13.7. The third-order valence-corrected chi connectivity index (χ3v) is 8.35. The van der Waals surface area contributed by atoms with Gasteiger partial charge in [0.25, 0.3) is 10.0 Å². The lowest BCUT2D eigenvalue weighted by atomic mass is 9.76. The molecule has 0 spiro atoms. The van der Waals surface area contributed by atoms with Gasteiger partial charge in [-0.2, -0.15) is 13.2 Å². The van der Waals surface area contributed by atoms with E-state index in [9.17, 15) is 21.6 Å². The van der Waals surface area contributed by atoms with Crippen LogP contribution in [-0.2, 0) is 16.2 Å². The van der Waals surface area contributed by atoms with Crippen LogP contribution in [0.2, 0.25) is 10.0 Å². The molecule has 2 N–H and O–H groups in total. The summed E-state index contributed by atoms with van der Waals surface area (Å²) in [6, 6.07) is 14.0. The average molecular weight is 539 g/mol. The van der Waals surface area contributed by atoms with E-state index in [2.05, 4.69) is 10.0 Å². The molecule has 0 saturated heterocycles. The number of anilines is 2. The van der Waals surface area contributed by atoms with Crippen LogP contribution in [0.3, 0.4) is 0 Å². The Bertz CT molecular complexity index is 1440. The summed E-state index contributed by atoms with van der Waals surface area (Å²) < 4.78 is 69.9. The lowest BCUT2D eigenvalue weighted by Gasteiger charge is -2.38. The van der Waals surface area contributed by atoms with Crippen molar-refractivity contribution >= 4 is 44.6 Å². The second-order valence-electron chi connectivity index (χ2n) is 8.54. The molecule has 1 aliphatic heterocycles. The Hall–Kier alpha value is -2.68. The average Bonchev–Trinajstić information content (AvgIpc) is 3.30. The molecule has 0 amide bonds. The molecule has 0 aromatic heterocycles. The minimum absolute atomic E-state index is 0.0160. The van der Waals surface area contributed by atoms with Gasteiger partial charge in [0.2, 0.25) is 0 Å². The molecule has 0 unspecified atom stereocenters. The zero-order valence-electron chi connectivity index (χ0n) is 18.0. The molecule has 3 atom stereocenters. The van der Waals surface area contributed by atoms with Crippen LogP contribution in [0, 0.1) is 5.92 Å². The fourth-order valence-electron chi connectivity index (χ4n) is 4.85. The summed E-state index contributed by atoms with van der Waals surface area (Å²) in [6.45, 7) is 0. The largest absolute Gasteiger partial charge is 0.416 e. The maximum Gasteiger partial charge on any atom is 0.416 e. The van der Waals surface area contributed by atoms with Gasteiger partial charge >= 0.3 is 6.18 Å². The highest BCUT2D eigenvalue weighted by atomic mass is 35.5. The maximum absolute atomic E-state index is 13.7. The first-order valence-electron chi connectivity index (χ1n) is 10.8. The first-order chi connectivity index (χ1) is 16.5. The normalized spacial score (nSPS) is 21.2. The van der Waals surface area contributed by atoms with Gasteiger partial charge in [-0.1, -0.05) is 53.6 Å². The Balaban J connectivity index is 1.52. The van der Waals surface area contributed by atoms with Crippen molar-refractivity contribution < 1.29 is 21.6 Å². The number of halogens is 5. The highest BCUT2D eigenvalue weighted by Gasteiger charge is 2.42. The molecule has 1 aliphatic carbocycles. The van der Waals surface area contributed by atoms with E-state index in [4.69, 9.17) is 23.2 Å². The van der Waals surface area contributed by atoms with E-state index in [1.807, 2.05) is 12.2 Å². The Kier molecular flexibility index (Phi) is 6.02. The zero-order chi connectivity index (χ0) is 25.0. The summed E-state index contributed by atoms with van der Waals surface area (Å²) in [5.41, 5.74) is 0.966. The number of allylic oxidation sites excluding steroid dienone is 2. The Morgan fingerprint density at radius 3 is 2.51 bits per heavy atom. The van der Waals surface area contributed by atoms with Gasteiger partial charge in [-0.05, 0) is 65.9 Å². The van der Waals surface area contributed by atoms with Crippen molar-refractivity contribution in [2.45, 2.75) is 29.5 Å². The SMILES string of the molecule is O=S(=O)(Nc1cc(Cl)ccc1Cl)c1ccc2c(c1)[C@H]1C=CC[C@H]1[C@@H](c1ccccc1C(F)(F)F)N2. The zero-order valence-corrected chi connectivity index (χ0v) is 20.3. The molecule has 0 bridgehead atoms. The van der Waals surface area contributed by atoms with Crippen molar-refractivity contribution in [2.75, 3.05) is 10.0 Å². The number of nitrogens with one attached hydrogen (secondary N) is 2. The molecule has 4 nitrogen and oxygen atoms in total. The fourth-order valence-corrected chi connectivity index (χ4v) is 6.35. The minimum atomic E-state index is -4.48. The Morgan fingerprint density at radius 2 is 1.74 bits per heavy atom. The monoisotopic (exact) mass is 538 g/mol. The molecule has 10 heteroatoms. The second-order valence-corrected chi connectivity index (χ2v) is 11.1. The van der Waals surface area contributed by atoms with Crippen LogP contribution in [-0.4, -0.2) is 8.42 Å². The number of alkyl halides is 3. The summed E-state index contributed by atoms with van der Waals surface area (Å²) in [5.74, 6) is -0.429. The number of rotatable bonds is 4. The first-order valence-corrected chi connectivity index (χ1v) is 13.0. The number of hydrogen-bond donors (Lipinski definition) is 2. The number of hydrogen-bond acceptors (Lipinski definition) is 3. The quantitative estimate of drug-likeness (QED) is 0.335. The van der Waals surface area contributed by atoms with Crippen LogP contribution >= 0.6 is 23.2 Å². The van der Waals surface area contributed by atoms with E-state index in [1.54, 1.807) is 24.3 Å². The predicted octanol–water partition coefficient (Wildman–Crippen LogP) is 7.64. The molecule has 182 valence electrons. The summed E-state index contributed by atoms with van der Waals surface area (Å²) in [5, 5.41) is 3.77. The molecule has 5 rings (SSSR count). The lowest BCUT2D eigenvalue weighted by Crippen LogP contribution is -2.31. The summed E-state index contributed by atoms with van der Waals surface area (Å²) in [7, 11) is -4.00. The lowest BCUT2D eigenvalue weighted by molar-refractivity contribution is -0.138. The van der Waals surface area contributed by atoms with Crippen LogP contribution in [0.1, 0.15) is 35.1 Å². The van der Waals surface area contributed by atoms with E-state index >= 15 is 0 Å². The van der Waals surface area contributed by atoms with Crippen molar-refractivity contribution in [3.63, 3.8) is 0 Å². The molecular formula is C25H19Cl2F3N2O2S. The van der Waals surface area contributed by atoms with Crippen molar-refractivity contribution in [2.24, 2.45) is 5.92 Å². The van der Waals surface area contributed by atoms with E-state index in [0.717, 1.165) is 6.07 Å². The van der Waals surface area contributed by atoms with Gasteiger partial charge in [-0.3, -0.25) is 4.72 Å². The summed E-state index contributed by atoms with van der Waals surface area (Å²) >= 11 is 12.1. The van der Waals surface area contributed by atoms with Crippen LogP contribution in [0.5, 0.6) is 0 Å². The highest BCUT2D eigenvalue weighted by Crippen LogP contribution is 2.51. The molecule has 3 aromatic rings. The van der Waals surface area contributed by atoms with Gasteiger partial charge in [0, 0.05) is 16.6 Å². The van der Waals surface area contributed by atoms with Gasteiger partial charge in [-0.25, -0.2) is 8.42 Å². The van der Waals surface area contributed by atoms with Crippen LogP contribution in [0.25, 0.3) is 0 Å². The number of sulfonamides is 1. The van der Waals surface area contributed by atoms with Gasteiger partial charge in [0.15, 0.2) is 0 Å². The topological polar surface area (TPSA) is 58.2 Å². The smallest absolute Gasteiger partial charge is 0.378 e. The van der Waals surface area contributed by atoms with E-state index < -0.39 is 27.8 Å². The number of fused-ring (bicyclic) bond motifs is 3. The fraction of sp³-hybridized carbons (Fsp3) is 0.200. The molecule has 35 heavy (non-hydrogen) atoms. The molecule has 3 aromatic carbocycles. The number of benzene rings is 3. The highest BCUT2D eigenvalue weighted by molar-refractivity contribution is 7.92. The van der Waals surface area contributed by atoms with Crippen molar-refractivity contribution in [1.82, 2.24) is 0 Å². The van der Waals surface area contributed by atoms with Crippen molar-refractivity contribution in [1.29, 1.82) is 0 Å². The van der Waals surface area contributed by atoms with Crippen molar-refractivity contribution in [3.05, 3.63) is 99.6 Å². The first kappa shape index (κ1) is 24.0. The predicted molar refractivity (Wildman–Crippen MR) is 132 cm³/mol. The second kappa shape index (κ2) is 8.76. The molecule has 1 heterocycles. The molecule has 0 saturated carbocycles. The molecule has 2 aliphatic rings. The third kappa shape index (κ3) is 4.50. The molecule has 0 fully saturated rings.